The molecule has 1 aliphatic heterocycles. The zero-order chi connectivity index (χ0) is 15.3. The van der Waals surface area contributed by atoms with Gasteiger partial charge in [0.25, 0.3) is 0 Å². The molecule has 2 N–H and O–H groups in total. The molecule has 0 saturated carbocycles. The number of nitrogens with zero attached hydrogens (tertiary/aromatic N) is 1. The molecule has 20 heavy (non-hydrogen) atoms. The van der Waals surface area contributed by atoms with Crippen molar-refractivity contribution in [2.24, 2.45) is 0 Å². The fourth-order valence-electron chi connectivity index (χ4n) is 2.20. The number of amides is 2. The highest BCUT2D eigenvalue weighted by atomic mass is 16.5. The Labute approximate surface area is 117 Å². The van der Waals surface area contributed by atoms with Crippen molar-refractivity contribution in [2.45, 2.75) is 38.0 Å². The molecule has 1 heterocycles. The van der Waals surface area contributed by atoms with Gasteiger partial charge in [-0.25, -0.2) is 4.79 Å². The lowest BCUT2D eigenvalue weighted by Crippen LogP contribution is -2.50. The molecule has 0 spiro atoms. The molecular formula is C13H20N2O5. The van der Waals surface area contributed by atoms with Gasteiger partial charge in [0.1, 0.15) is 12.1 Å². The van der Waals surface area contributed by atoms with Crippen LogP contribution in [-0.4, -0.2) is 59.6 Å². The predicted octanol–water partition coefficient (Wildman–Crippen LogP) is -0.798. The van der Waals surface area contributed by atoms with Crippen molar-refractivity contribution in [3.63, 3.8) is 0 Å². The maximum Gasteiger partial charge on any atom is 0.328 e. The number of β-amino-alcohol motifs (C(OH)–C–C–N with tert-alkyl or cyclic N) is 1. The van der Waals surface area contributed by atoms with Gasteiger partial charge < -0.3 is 20.1 Å². The highest BCUT2D eigenvalue weighted by Crippen LogP contribution is 2.18. The van der Waals surface area contributed by atoms with Crippen LogP contribution >= 0.6 is 0 Å². The van der Waals surface area contributed by atoms with Crippen LogP contribution in [0.1, 0.15) is 19.8 Å². The SMILES string of the molecule is C=CC[C@H](NC(=O)[C@@H]1C[C@@H](O)CN1C(C)=O)C(=O)OC. The van der Waals surface area contributed by atoms with Crippen molar-refractivity contribution in [1.29, 1.82) is 0 Å². The van der Waals surface area contributed by atoms with Crippen molar-refractivity contribution in [1.82, 2.24) is 10.2 Å². The lowest BCUT2D eigenvalue weighted by Gasteiger charge is -2.24. The van der Waals surface area contributed by atoms with E-state index in [1.54, 1.807) is 0 Å². The second-order valence-corrected chi connectivity index (χ2v) is 4.69. The summed E-state index contributed by atoms with van der Waals surface area (Å²) in [5, 5.41) is 12.1. The monoisotopic (exact) mass is 284 g/mol. The molecule has 3 atom stereocenters. The molecule has 7 heteroatoms. The number of hydrogen-bond donors (Lipinski definition) is 2. The molecular weight excluding hydrogens is 264 g/mol. The van der Waals surface area contributed by atoms with E-state index in [1.165, 1.54) is 25.0 Å². The van der Waals surface area contributed by atoms with E-state index in [0.29, 0.717) is 0 Å². The van der Waals surface area contributed by atoms with Gasteiger partial charge in [-0.15, -0.1) is 6.58 Å². The van der Waals surface area contributed by atoms with Crippen LogP contribution < -0.4 is 5.32 Å². The maximum absolute atomic E-state index is 12.2. The van der Waals surface area contributed by atoms with E-state index in [9.17, 15) is 19.5 Å². The van der Waals surface area contributed by atoms with Crippen LogP contribution in [-0.2, 0) is 19.1 Å². The summed E-state index contributed by atoms with van der Waals surface area (Å²) in [5.41, 5.74) is 0. The minimum Gasteiger partial charge on any atom is -0.467 e. The average Bonchev–Trinajstić information content (AvgIpc) is 2.79. The normalized spacial score (nSPS) is 23.1. The highest BCUT2D eigenvalue weighted by molar-refractivity contribution is 5.90. The number of likely N-dealkylation sites (tertiary alicyclic amines) is 1. The third-order valence-electron chi connectivity index (χ3n) is 3.19. The van der Waals surface area contributed by atoms with Crippen LogP contribution in [0, 0.1) is 0 Å². The van der Waals surface area contributed by atoms with Gasteiger partial charge in [0.15, 0.2) is 0 Å². The summed E-state index contributed by atoms with van der Waals surface area (Å²) < 4.78 is 4.59. The number of hydrogen-bond acceptors (Lipinski definition) is 5. The summed E-state index contributed by atoms with van der Waals surface area (Å²) >= 11 is 0. The van der Waals surface area contributed by atoms with E-state index in [-0.39, 0.29) is 25.3 Å². The molecule has 0 aromatic rings. The molecule has 0 unspecified atom stereocenters. The number of aliphatic hydroxyl groups excluding tert-OH is 1. The van der Waals surface area contributed by atoms with Gasteiger partial charge in [0.2, 0.25) is 11.8 Å². The molecule has 0 aromatic heterocycles. The first-order valence-corrected chi connectivity index (χ1v) is 6.35. The Balaban J connectivity index is 2.75. The average molecular weight is 284 g/mol. The van der Waals surface area contributed by atoms with E-state index >= 15 is 0 Å². The van der Waals surface area contributed by atoms with Crippen molar-refractivity contribution in [3.8, 4) is 0 Å². The molecule has 112 valence electrons. The van der Waals surface area contributed by atoms with Gasteiger partial charge in [-0.3, -0.25) is 9.59 Å². The molecule has 0 aliphatic carbocycles. The third-order valence-corrected chi connectivity index (χ3v) is 3.19. The van der Waals surface area contributed by atoms with E-state index in [1.807, 2.05) is 0 Å². The standard InChI is InChI=1S/C13H20N2O5/c1-4-5-10(13(19)20-3)14-12(18)11-6-9(17)7-15(11)8(2)16/h4,9-11,17H,1,5-7H2,2-3H3,(H,14,18)/t9-,10+,11+/m1/s1. The molecule has 0 aromatic carbocycles. The van der Waals surface area contributed by atoms with Crippen molar-refractivity contribution in [3.05, 3.63) is 12.7 Å². The number of esters is 1. The lowest BCUT2D eigenvalue weighted by molar-refractivity contribution is -0.146. The molecule has 1 aliphatic rings. The third kappa shape index (κ3) is 3.80. The Morgan fingerprint density at radius 3 is 2.70 bits per heavy atom. The topological polar surface area (TPSA) is 95.9 Å². The Morgan fingerprint density at radius 1 is 1.55 bits per heavy atom. The van der Waals surface area contributed by atoms with Gasteiger partial charge in [0.05, 0.1) is 13.2 Å². The number of rotatable bonds is 5. The molecule has 2 amide bonds. The summed E-state index contributed by atoms with van der Waals surface area (Å²) in [6, 6.07) is -1.60. The Bertz CT molecular complexity index is 410. The summed E-state index contributed by atoms with van der Waals surface area (Å²) in [7, 11) is 1.23. The first kappa shape index (κ1) is 16.2. The summed E-state index contributed by atoms with van der Waals surface area (Å²) in [6.07, 6.45) is 1.15. The number of methoxy groups -OCH3 is 1. The number of ether oxygens (including phenoxy) is 1. The fraction of sp³-hybridized carbons (Fsp3) is 0.615. The van der Waals surface area contributed by atoms with Crippen LogP contribution in [0.4, 0.5) is 0 Å². The molecule has 0 bridgehead atoms. The van der Waals surface area contributed by atoms with Crippen molar-refractivity contribution in [2.75, 3.05) is 13.7 Å². The van der Waals surface area contributed by atoms with Gasteiger partial charge >= 0.3 is 5.97 Å². The zero-order valence-electron chi connectivity index (χ0n) is 11.7. The summed E-state index contributed by atoms with van der Waals surface area (Å²) in [5.74, 6) is -1.35. The number of carbonyl (C=O) groups excluding carboxylic acids is 3. The first-order chi connectivity index (χ1) is 9.40. The van der Waals surface area contributed by atoms with Gasteiger partial charge in [-0.05, 0) is 6.42 Å². The van der Waals surface area contributed by atoms with Crippen LogP contribution in [0.15, 0.2) is 12.7 Å². The number of nitrogens with one attached hydrogen (secondary N) is 1. The molecule has 1 fully saturated rings. The van der Waals surface area contributed by atoms with E-state index in [0.717, 1.165) is 0 Å². The second kappa shape index (κ2) is 7.04. The Kier molecular flexibility index (Phi) is 5.69. The maximum atomic E-state index is 12.2. The van der Waals surface area contributed by atoms with Gasteiger partial charge in [-0.1, -0.05) is 6.08 Å². The van der Waals surface area contributed by atoms with Crippen LogP contribution in [0.2, 0.25) is 0 Å². The van der Waals surface area contributed by atoms with Crippen LogP contribution in [0.25, 0.3) is 0 Å². The lowest BCUT2D eigenvalue weighted by atomic mass is 10.1. The van der Waals surface area contributed by atoms with E-state index in [2.05, 4.69) is 16.6 Å². The fourth-order valence-corrected chi connectivity index (χ4v) is 2.20. The number of aliphatic hydroxyl groups is 1. The highest BCUT2D eigenvalue weighted by Gasteiger charge is 2.38. The molecule has 0 radical (unpaired) electrons. The smallest absolute Gasteiger partial charge is 0.328 e. The minimum atomic E-state index is -0.837. The van der Waals surface area contributed by atoms with Gasteiger partial charge in [-0.2, -0.15) is 0 Å². The quantitative estimate of drug-likeness (QED) is 0.509. The molecule has 7 nitrogen and oxygen atoms in total. The summed E-state index contributed by atoms with van der Waals surface area (Å²) in [4.78, 5) is 36.4. The first-order valence-electron chi connectivity index (χ1n) is 6.35. The van der Waals surface area contributed by atoms with Crippen molar-refractivity contribution >= 4 is 17.8 Å². The summed E-state index contributed by atoms with van der Waals surface area (Å²) in [6.45, 7) is 4.97. The van der Waals surface area contributed by atoms with Gasteiger partial charge in [0, 0.05) is 19.9 Å². The number of carbonyl (C=O) groups is 3. The van der Waals surface area contributed by atoms with Crippen LogP contribution in [0.5, 0.6) is 0 Å². The zero-order valence-corrected chi connectivity index (χ0v) is 11.7. The van der Waals surface area contributed by atoms with E-state index < -0.39 is 30.1 Å². The van der Waals surface area contributed by atoms with Crippen LogP contribution in [0.3, 0.4) is 0 Å². The largest absolute Gasteiger partial charge is 0.467 e. The van der Waals surface area contributed by atoms with E-state index in [4.69, 9.17) is 0 Å². The second-order valence-electron chi connectivity index (χ2n) is 4.69. The Hall–Kier alpha value is -1.89. The molecule has 1 rings (SSSR count). The Morgan fingerprint density at radius 2 is 2.20 bits per heavy atom. The van der Waals surface area contributed by atoms with Crippen molar-refractivity contribution < 1.29 is 24.2 Å². The minimum absolute atomic E-state index is 0.123. The molecule has 1 saturated heterocycles. The predicted molar refractivity (Wildman–Crippen MR) is 70.6 cm³/mol.